The van der Waals surface area contributed by atoms with Crippen molar-refractivity contribution in [3.8, 4) is 5.75 Å². The lowest BCUT2D eigenvalue weighted by molar-refractivity contribution is 0.0788. The highest BCUT2D eigenvalue weighted by atomic mass is 16.5. The molecule has 0 saturated carbocycles. The largest absolute Gasteiger partial charge is 0.480 e. The van der Waals surface area contributed by atoms with E-state index in [9.17, 15) is 4.79 Å². The fourth-order valence-electron chi connectivity index (χ4n) is 2.14. The molecule has 0 fully saturated rings. The number of ketones is 1. The molecule has 2 rings (SSSR count). The van der Waals surface area contributed by atoms with Gasteiger partial charge in [0.15, 0.2) is 6.10 Å². The molecule has 21 heavy (non-hydrogen) atoms. The molecule has 2 aromatic rings. The van der Waals surface area contributed by atoms with E-state index < -0.39 is 6.10 Å². The van der Waals surface area contributed by atoms with Gasteiger partial charge in [-0.15, -0.1) is 0 Å². The molecule has 0 aliphatic carbocycles. The Kier molecular flexibility index (Phi) is 4.63. The van der Waals surface area contributed by atoms with Gasteiger partial charge in [-0.3, -0.25) is 4.79 Å². The van der Waals surface area contributed by atoms with Crippen LogP contribution in [0.1, 0.15) is 34.8 Å². The van der Waals surface area contributed by atoms with E-state index >= 15 is 0 Å². The van der Waals surface area contributed by atoms with E-state index in [2.05, 4.69) is 0 Å². The van der Waals surface area contributed by atoms with Crippen LogP contribution in [0.15, 0.2) is 42.5 Å². The van der Waals surface area contributed by atoms with Gasteiger partial charge in [0.2, 0.25) is 5.78 Å². The first kappa shape index (κ1) is 15.1. The monoisotopic (exact) mass is 283 g/mol. The van der Waals surface area contributed by atoms with Crippen molar-refractivity contribution in [2.45, 2.75) is 33.3 Å². The van der Waals surface area contributed by atoms with E-state index in [1.807, 2.05) is 51.1 Å². The van der Waals surface area contributed by atoms with Gasteiger partial charge in [-0.05, 0) is 49.6 Å². The summed E-state index contributed by atoms with van der Waals surface area (Å²) in [6, 6.07) is 13.0. The number of hydrogen-bond acceptors (Lipinski definition) is 3. The number of carbonyl (C=O) groups is 1. The molecule has 2 aromatic carbocycles. The topological polar surface area (TPSA) is 52.3 Å². The molecule has 0 heterocycles. The number of carbonyl (C=O) groups excluding carboxylic acids is 1. The number of Topliss-reactive ketones (excluding diaryl/α,β-unsaturated/α-hetero) is 1. The second kappa shape index (κ2) is 6.44. The number of nitrogen functional groups attached to an aromatic ring is 1. The second-order valence-corrected chi connectivity index (χ2v) is 5.22. The molecule has 110 valence electrons. The highest BCUT2D eigenvalue weighted by Crippen LogP contribution is 2.23. The molecule has 3 nitrogen and oxygen atoms in total. The summed E-state index contributed by atoms with van der Waals surface area (Å²) in [6.07, 6.45) is 0.0805. The number of anilines is 1. The lowest BCUT2D eigenvalue weighted by Gasteiger charge is -2.18. The maximum absolute atomic E-state index is 12.6. The van der Waals surface area contributed by atoms with Crippen LogP contribution >= 0.6 is 0 Å². The smallest absolute Gasteiger partial charge is 0.203 e. The fourth-order valence-corrected chi connectivity index (χ4v) is 2.14. The maximum Gasteiger partial charge on any atom is 0.203 e. The number of benzene rings is 2. The third kappa shape index (κ3) is 3.43. The van der Waals surface area contributed by atoms with E-state index in [4.69, 9.17) is 10.5 Å². The van der Waals surface area contributed by atoms with Crippen LogP contribution in [0.25, 0.3) is 0 Å². The van der Waals surface area contributed by atoms with E-state index in [0.29, 0.717) is 23.4 Å². The Morgan fingerprint density at radius 3 is 2.48 bits per heavy atom. The first-order chi connectivity index (χ1) is 10.0. The van der Waals surface area contributed by atoms with Gasteiger partial charge in [0.05, 0.1) is 5.69 Å². The summed E-state index contributed by atoms with van der Waals surface area (Å²) < 4.78 is 5.81. The molecule has 0 spiro atoms. The Labute approximate surface area is 125 Å². The average Bonchev–Trinajstić information content (AvgIpc) is 2.48. The van der Waals surface area contributed by atoms with E-state index in [-0.39, 0.29) is 5.78 Å². The van der Waals surface area contributed by atoms with Crippen LogP contribution in [0.2, 0.25) is 0 Å². The minimum absolute atomic E-state index is 0.0103. The van der Waals surface area contributed by atoms with E-state index in [1.165, 1.54) is 5.56 Å². The van der Waals surface area contributed by atoms with Crippen molar-refractivity contribution >= 4 is 11.5 Å². The van der Waals surface area contributed by atoms with Gasteiger partial charge in [0.1, 0.15) is 5.75 Å². The van der Waals surface area contributed by atoms with Crippen LogP contribution in [0.5, 0.6) is 5.75 Å². The first-order valence-corrected chi connectivity index (χ1v) is 7.15. The third-order valence-electron chi connectivity index (χ3n) is 3.64. The molecule has 0 radical (unpaired) electrons. The minimum atomic E-state index is -0.517. The quantitative estimate of drug-likeness (QED) is 0.668. The van der Waals surface area contributed by atoms with Crippen LogP contribution in [0.4, 0.5) is 5.69 Å². The molecular formula is C18H21NO2. The summed E-state index contributed by atoms with van der Waals surface area (Å²) in [4.78, 5) is 12.6. The van der Waals surface area contributed by atoms with Crippen molar-refractivity contribution in [2.24, 2.45) is 0 Å². The molecule has 3 heteroatoms. The van der Waals surface area contributed by atoms with Crippen LogP contribution < -0.4 is 10.5 Å². The Morgan fingerprint density at radius 2 is 1.86 bits per heavy atom. The Morgan fingerprint density at radius 1 is 1.14 bits per heavy atom. The SMILES string of the molecule is CCC(Oc1ccccc1N)C(=O)c1ccc(C)c(C)c1. The molecule has 0 saturated heterocycles. The number of rotatable bonds is 5. The molecular weight excluding hydrogens is 262 g/mol. The Hall–Kier alpha value is -2.29. The van der Waals surface area contributed by atoms with Gasteiger partial charge in [0.25, 0.3) is 0 Å². The summed E-state index contributed by atoms with van der Waals surface area (Å²) in [5.74, 6) is 0.547. The summed E-state index contributed by atoms with van der Waals surface area (Å²) in [5.41, 5.74) is 9.38. The third-order valence-corrected chi connectivity index (χ3v) is 3.64. The number of para-hydroxylation sites is 2. The zero-order valence-electron chi connectivity index (χ0n) is 12.7. The molecule has 1 unspecified atom stereocenters. The highest BCUT2D eigenvalue weighted by molar-refractivity contribution is 6.00. The number of nitrogens with two attached hydrogens (primary N) is 1. The van der Waals surface area contributed by atoms with Gasteiger partial charge in [-0.1, -0.05) is 31.2 Å². The van der Waals surface area contributed by atoms with Crippen LogP contribution in [-0.4, -0.2) is 11.9 Å². The summed E-state index contributed by atoms with van der Waals surface area (Å²) in [5, 5.41) is 0. The Bertz CT molecular complexity index is 649. The van der Waals surface area contributed by atoms with Crippen molar-refractivity contribution in [1.82, 2.24) is 0 Å². The van der Waals surface area contributed by atoms with Gasteiger partial charge in [-0.2, -0.15) is 0 Å². The van der Waals surface area contributed by atoms with Crippen molar-refractivity contribution in [3.05, 3.63) is 59.2 Å². The number of aryl methyl sites for hydroxylation is 2. The molecule has 0 aliphatic rings. The predicted octanol–water partition coefficient (Wildman–Crippen LogP) is 3.93. The summed E-state index contributed by atoms with van der Waals surface area (Å²) >= 11 is 0. The second-order valence-electron chi connectivity index (χ2n) is 5.22. The van der Waals surface area contributed by atoms with Crippen LogP contribution in [-0.2, 0) is 0 Å². The molecule has 0 amide bonds. The van der Waals surface area contributed by atoms with Crippen molar-refractivity contribution in [1.29, 1.82) is 0 Å². The first-order valence-electron chi connectivity index (χ1n) is 7.15. The zero-order chi connectivity index (χ0) is 15.4. The number of hydrogen-bond donors (Lipinski definition) is 1. The highest BCUT2D eigenvalue weighted by Gasteiger charge is 2.21. The standard InChI is InChI=1S/C18H21NO2/c1-4-16(21-17-8-6-5-7-15(17)19)18(20)14-10-9-12(2)13(3)11-14/h5-11,16H,4,19H2,1-3H3. The van der Waals surface area contributed by atoms with Crippen molar-refractivity contribution in [3.63, 3.8) is 0 Å². The molecule has 0 bridgehead atoms. The van der Waals surface area contributed by atoms with Crippen molar-refractivity contribution < 1.29 is 9.53 Å². The van der Waals surface area contributed by atoms with Gasteiger partial charge in [-0.25, -0.2) is 0 Å². The number of ether oxygens (including phenoxy) is 1. The van der Waals surface area contributed by atoms with Gasteiger partial charge in [0, 0.05) is 5.56 Å². The van der Waals surface area contributed by atoms with Gasteiger partial charge < -0.3 is 10.5 Å². The predicted molar refractivity (Wildman–Crippen MR) is 85.8 cm³/mol. The Balaban J connectivity index is 2.22. The van der Waals surface area contributed by atoms with Crippen LogP contribution in [0, 0.1) is 13.8 Å². The fraction of sp³-hybridized carbons (Fsp3) is 0.278. The maximum atomic E-state index is 12.6. The minimum Gasteiger partial charge on any atom is -0.480 e. The lowest BCUT2D eigenvalue weighted by Crippen LogP contribution is -2.27. The van der Waals surface area contributed by atoms with E-state index in [0.717, 1.165) is 5.56 Å². The summed E-state index contributed by atoms with van der Waals surface area (Å²) in [7, 11) is 0. The lowest BCUT2D eigenvalue weighted by atomic mass is 10.00. The van der Waals surface area contributed by atoms with Crippen molar-refractivity contribution in [2.75, 3.05) is 5.73 Å². The zero-order valence-corrected chi connectivity index (χ0v) is 12.7. The van der Waals surface area contributed by atoms with Crippen LogP contribution in [0.3, 0.4) is 0 Å². The normalized spacial score (nSPS) is 12.0. The molecule has 0 aliphatic heterocycles. The van der Waals surface area contributed by atoms with E-state index in [1.54, 1.807) is 12.1 Å². The van der Waals surface area contributed by atoms with Gasteiger partial charge >= 0.3 is 0 Å². The molecule has 2 N–H and O–H groups in total. The average molecular weight is 283 g/mol. The molecule has 0 aromatic heterocycles. The molecule has 1 atom stereocenters. The summed E-state index contributed by atoms with van der Waals surface area (Å²) in [6.45, 7) is 5.97.